The van der Waals surface area contributed by atoms with Crippen molar-refractivity contribution in [2.75, 3.05) is 20.1 Å². The van der Waals surface area contributed by atoms with Crippen LogP contribution in [0.2, 0.25) is 0 Å². The standard InChI is InChI=1S/C9H21N3O/c1-4-12(3)9(13)11-7-5-6-8(2)10/h8H,4-7,10H2,1-3H3,(H,11,13). The zero-order valence-corrected chi connectivity index (χ0v) is 8.84. The Balaban J connectivity index is 3.37. The van der Waals surface area contributed by atoms with Gasteiger partial charge in [0.2, 0.25) is 0 Å². The van der Waals surface area contributed by atoms with Gasteiger partial charge in [0, 0.05) is 26.2 Å². The molecule has 0 heterocycles. The molecular weight excluding hydrogens is 166 g/mol. The number of urea groups is 1. The van der Waals surface area contributed by atoms with Crippen LogP contribution in [0.3, 0.4) is 0 Å². The van der Waals surface area contributed by atoms with E-state index in [9.17, 15) is 4.79 Å². The van der Waals surface area contributed by atoms with Gasteiger partial charge in [-0.3, -0.25) is 0 Å². The van der Waals surface area contributed by atoms with Gasteiger partial charge in [0.15, 0.2) is 0 Å². The fraction of sp³-hybridized carbons (Fsp3) is 0.889. The highest BCUT2D eigenvalue weighted by Gasteiger charge is 2.03. The molecule has 0 aromatic carbocycles. The Labute approximate surface area is 80.5 Å². The number of nitrogens with zero attached hydrogens (tertiary/aromatic N) is 1. The van der Waals surface area contributed by atoms with Crippen molar-refractivity contribution in [1.82, 2.24) is 10.2 Å². The van der Waals surface area contributed by atoms with E-state index in [2.05, 4.69) is 5.32 Å². The minimum atomic E-state index is -0.00725. The van der Waals surface area contributed by atoms with E-state index < -0.39 is 0 Å². The van der Waals surface area contributed by atoms with Crippen LogP contribution in [0.15, 0.2) is 0 Å². The number of hydrogen-bond acceptors (Lipinski definition) is 2. The van der Waals surface area contributed by atoms with Crippen LogP contribution in [0.1, 0.15) is 26.7 Å². The molecule has 0 aliphatic carbocycles. The van der Waals surface area contributed by atoms with Gasteiger partial charge in [0.05, 0.1) is 0 Å². The van der Waals surface area contributed by atoms with Crippen LogP contribution in [-0.2, 0) is 0 Å². The fourth-order valence-corrected chi connectivity index (χ4v) is 0.898. The molecule has 0 saturated carbocycles. The maximum atomic E-state index is 11.2. The van der Waals surface area contributed by atoms with Crippen LogP contribution in [0.25, 0.3) is 0 Å². The van der Waals surface area contributed by atoms with Gasteiger partial charge in [-0.25, -0.2) is 4.79 Å². The molecule has 0 aromatic heterocycles. The van der Waals surface area contributed by atoms with Crippen molar-refractivity contribution in [3.63, 3.8) is 0 Å². The molecule has 0 aliphatic rings. The van der Waals surface area contributed by atoms with Crippen molar-refractivity contribution in [2.45, 2.75) is 32.7 Å². The van der Waals surface area contributed by atoms with Crippen molar-refractivity contribution in [3.8, 4) is 0 Å². The highest BCUT2D eigenvalue weighted by atomic mass is 16.2. The third kappa shape index (κ3) is 6.40. The smallest absolute Gasteiger partial charge is 0.317 e. The van der Waals surface area contributed by atoms with Gasteiger partial charge >= 0.3 is 6.03 Å². The van der Waals surface area contributed by atoms with Gasteiger partial charge in [-0.05, 0) is 26.7 Å². The molecule has 0 aromatic rings. The summed E-state index contributed by atoms with van der Waals surface area (Å²) in [5.41, 5.74) is 5.57. The van der Waals surface area contributed by atoms with E-state index in [0.29, 0.717) is 6.54 Å². The number of rotatable bonds is 5. The maximum absolute atomic E-state index is 11.2. The van der Waals surface area contributed by atoms with Gasteiger partial charge in [0.1, 0.15) is 0 Å². The van der Waals surface area contributed by atoms with Crippen LogP contribution in [-0.4, -0.2) is 37.1 Å². The van der Waals surface area contributed by atoms with Gasteiger partial charge in [-0.2, -0.15) is 0 Å². The molecule has 0 rings (SSSR count). The van der Waals surface area contributed by atoms with Crippen LogP contribution in [0.5, 0.6) is 0 Å². The molecule has 0 bridgehead atoms. The maximum Gasteiger partial charge on any atom is 0.317 e. The van der Waals surface area contributed by atoms with E-state index in [-0.39, 0.29) is 12.1 Å². The van der Waals surface area contributed by atoms with Crippen molar-refractivity contribution >= 4 is 6.03 Å². The lowest BCUT2D eigenvalue weighted by Crippen LogP contribution is -2.37. The fourth-order valence-electron chi connectivity index (χ4n) is 0.898. The molecular formula is C9H21N3O. The second-order valence-corrected chi connectivity index (χ2v) is 3.37. The highest BCUT2D eigenvalue weighted by molar-refractivity contribution is 5.73. The third-order valence-corrected chi connectivity index (χ3v) is 1.93. The largest absolute Gasteiger partial charge is 0.338 e. The lowest BCUT2D eigenvalue weighted by Gasteiger charge is -2.15. The summed E-state index contributed by atoms with van der Waals surface area (Å²) in [5.74, 6) is 0. The van der Waals surface area contributed by atoms with E-state index in [4.69, 9.17) is 5.73 Å². The molecule has 1 atom stereocenters. The molecule has 4 nitrogen and oxygen atoms in total. The van der Waals surface area contributed by atoms with Crippen LogP contribution < -0.4 is 11.1 Å². The van der Waals surface area contributed by atoms with Gasteiger partial charge in [-0.1, -0.05) is 0 Å². The summed E-state index contributed by atoms with van der Waals surface area (Å²) in [6.45, 7) is 5.37. The lowest BCUT2D eigenvalue weighted by atomic mass is 10.2. The first-order chi connectivity index (χ1) is 6.07. The highest BCUT2D eigenvalue weighted by Crippen LogP contribution is 1.91. The van der Waals surface area contributed by atoms with Crippen molar-refractivity contribution in [1.29, 1.82) is 0 Å². The number of nitrogens with two attached hydrogens (primary N) is 1. The summed E-state index contributed by atoms with van der Waals surface area (Å²) >= 11 is 0. The van der Waals surface area contributed by atoms with Crippen LogP contribution in [0, 0.1) is 0 Å². The Hall–Kier alpha value is -0.770. The molecule has 4 heteroatoms. The molecule has 13 heavy (non-hydrogen) atoms. The Morgan fingerprint density at radius 1 is 1.62 bits per heavy atom. The molecule has 0 aliphatic heterocycles. The summed E-state index contributed by atoms with van der Waals surface area (Å²) in [7, 11) is 1.78. The zero-order valence-electron chi connectivity index (χ0n) is 8.84. The van der Waals surface area contributed by atoms with Gasteiger partial charge in [0.25, 0.3) is 0 Å². The Kier molecular flexibility index (Phi) is 6.32. The average molecular weight is 187 g/mol. The third-order valence-electron chi connectivity index (χ3n) is 1.93. The molecule has 1 unspecified atom stereocenters. The second kappa shape index (κ2) is 6.71. The van der Waals surface area contributed by atoms with E-state index in [1.165, 1.54) is 0 Å². The van der Waals surface area contributed by atoms with E-state index >= 15 is 0 Å². The van der Waals surface area contributed by atoms with Crippen molar-refractivity contribution < 1.29 is 4.79 Å². The molecule has 78 valence electrons. The molecule has 0 saturated heterocycles. The van der Waals surface area contributed by atoms with Crippen molar-refractivity contribution in [3.05, 3.63) is 0 Å². The Morgan fingerprint density at radius 3 is 2.69 bits per heavy atom. The number of carbonyl (C=O) groups excluding carboxylic acids is 1. The van der Waals surface area contributed by atoms with E-state index in [1.54, 1.807) is 11.9 Å². The average Bonchev–Trinajstić information content (AvgIpc) is 2.10. The first-order valence-electron chi connectivity index (χ1n) is 4.82. The zero-order chi connectivity index (χ0) is 10.3. The van der Waals surface area contributed by atoms with Crippen LogP contribution >= 0.6 is 0 Å². The van der Waals surface area contributed by atoms with E-state index in [1.807, 2.05) is 13.8 Å². The summed E-state index contributed by atoms with van der Waals surface area (Å²) in [6.07, 6.45) is 1.90. The molecule has 3 N–H and O–H groups in total. The molecule has 0 fully saturated rings. The predicted molar refractivity (Wildman–Crippen MR) is 54.6 cm³/mol. The number of amides is 2. The second-order valence-electron chi connectivity index (χ2n) is 3.37. The first kappa shape index (κ1) is 12.2. The normalized spacial score (nSPS) is 12.3. The lowest BCUT2D eigenvalue weighted by molar-refractivity contribution is 0.211. The van der Waals surface area contributed by atoms with E-state index in [0.717, 1.165) is 19.4 Å². The molecule has 0 radical (unpaired) electrons. The number of nitrogens with one attached hydrogen (secondary N) is 1. The van der Waals surface area contributed by atoms with Gasteiger partial charge < -0.3 is 16.0 Å². The topological polar surface area (TPSA) is 58.4 Å². The monoisotopic (exact) mass is 187 g/mol. The number of carbonyl (C=O) groups is 1. The van der Waals surface area contributed by atoms with Gasteiger partial charge in [-0.15, -0.1) is 0 Å². The Bertz CT molecular complexity index is 148. The van der Waals surface area contributed by atoms with Crippen molar-refractivity contribution in [2.24, 2.45) is 5.73 Å². The molecule has 0 spiro atoms. The summed E-state index contributed by atoms with van der Waals surface area (Å²) < 4.78 is 0. The minimum Gasteiger partial charge on any atom is -0.338 e. The first-order valence-corrected chi connectivity index (χ1v) is 4.82. The summed E-state index contributed by atoms with van der Waals surface area (Å²) in [5, 5.41) is 2.82. The number of hydrogen-bond donors (Lipinski definition) is 2. The quantitative estimate of drug-likeness (QED) is 0.625. The predicted octanol–water partition coefficient (Wildman–Crippen LogP) is 0.775. The SMILES string of the molecule is CCN(C)C(=O)NCCCC(C)N. The minimum absolute atomic E-state index is 0.00725. The summed E-state index contributed by atoms with van der Waals surface area (Å²) in [6, 6.07) is 0.216. The molecule has 2 amide bonds. The van der Waals surface area contributed by atoms with Crippen LogP contribution in [0.4, 0.5) is 4.79 Å². The summed E-state index contributed by atoms with van der Waals surface area (Å²) in [4.78, 5) is 12.8. The Morgan fingerprint density at radius 2 is 2.23 bits per heavy atom.